The number of hydrogen-bond acceptors (Lipinski definition) is 2. The Hall–Kier alpha value is -2.11. The van der Waals surface area contributed by atoms with E-state index in [1.54, 1.807) is 7.11 Å². The van der Waals surface area contributed by atoms with E-state index < -0.39 is 0 Å². The first-order chi connectivity index (χ1) is 10.3. The molecule has 108 valence electrons. The molecular weight excluding hydrogens is 258 g/mol. The highest BCUT2D eigenvalue weighted by atomic mass is 16.5. The third kappa shape index (κ3) is 3.71. The number of nitriles is 1. The van der Waals surface area contributed by atoms with Crippen LogP contribution in [-0.4, -0.2) is 13.2 Å². The Kier molecular flexibility index (Phi) is 5.54. The second kappa shape index (κ2) is 7.61. The summed E-state index contributed by atoms with van der Waals surface area (Å²) in [5.41, 5.74) is 2.46. The van der Waals surface area contributed by atoms with Crippen LogP contribution in [0.4, 0.5) is 0 Å². The zero-order chi connectivity index (χ0) is 15.1. The first-order valence-corrected chi connectivity index (χ1v) is 7.27. The van der Waals surface area contributed by atoms with Crippen molar-refractivity contribution in [3.05, 3.63) is 71.8 Å². The van der Waals surface area contributed by atoms with Gasteiger partial charge in [0.15, 0.2) is 0 Å². The largest absolute Gasteiger partial charge is 0.381 e. The average Bonchev–Trinajstić information content (AvgIpc) is 2.55. The summed E-state index contributed by atoms with van der Waals surface area (Å²) in [7, 11) is 1.71. The molecule has 0 spiro atoms. The van der Waals surface area contributed by atoms with Crippen LogP contribution in [0.3, 0.4) is 0 Å². The highest BCUT2D eigenvalue weighted by Gasteiger charge is 2.29. The summed E-state index contributed by atoms with van der Waals surface area (Å²) < 4.78 is 5.54. The molecule has 0 saturated heterocycles. The minimum absolute atomic E-state index is 0.0232. The van der Waals surface area contributed by atoms with Gasteiger partial charge in [0.25, 0.3) is 0 Å². The monoisotopic (exact) mass is 279 g/mol. The molecule has 0 radical (unpaired) electrons. The van der Waals surface area contributed by atoms with Gasteiger partial charge in [0.1, 0.15) is 0 Å². The van der Waals surface area contributed by atoms with E-state index in [0.29, 0.717) is 6.42 Å². The van der Waals surface area contributed by atoms with Crippen molar-refractivity contribution >= 4 is 0 Å². The SMILES string of the molecule is CO[C@H](C)[C@H](CC#N)C(c1ccccc1)c1ccccc1. The molecule has 2 nitrogen and oxygen atoms in total. The number of methoxy groups -OCH3 is 1. The molecule has 0 unspecified atom stereocenters. The molecular formula is C19H21NO. The Labute approximate surface area is 127 Å². The molecule has 0 bridgehead atoms. The van der Waals surface area contributed by atoms with Crippen molar-refractivity contribution in [3.8, 4) is 6.07 Å². The lowest BCUT2D eigenvalue weighted by molar-refractivity contribution is 0.0617. The van der Waals surface area contributed by atoms with E-state index in [2.05, 4.69) is 30.3 Å². The van der Waals surface area contributed by atoms with E-state index in [4.69, 9.17) is 4.74 Å². The molecule has 2 heteroatoms. The molecule has 2 aromatic rings. The van der Waals surface area contributed by atoms with Gasteiger partial charge in [-0.1, -0.05) is 60.7 Å². The topological polar surface area (TPSA) is 33.0 Å². The summed E-state index contributed by atoms with van der Waals surface area (Å²) in [4.78, 5) is 0. The lowest BCUT2D eigenvalue weighted by Gasteiger charge is -2.30. The van der Waals surface area contributed by atoms with Crippen LogP contribution in [0, 0.1) is 17.2 Å². The van der Waals surface area contributed by atoms with Gasteiger partial charge in [-0.05, 0) is 18.1 Å². The van der Waals surface area contributed by atoms with Gasteiger partial charge in [0.2, 0.25) is 0 Å². The Morgan fingerprint density at radius 3 is 1.81 bits per heavy atom. The van der Waals surface area contributed by atoms with Crippen LogP contribution in [0.15, 0.2) is 60.7 Å². The van der Waals surface area contributed by atoms with Crippen molar-refractivity contribution in [1.29, 1.82) is 5.26 Å². The second-order valence-electron chi connectivity index (χ2n) is 5.27. The van der Waals surface area contributed by atoms with Gasteiger partial charge in [-0.25, -0.2) is 0 Å². The number of rotatable bonds is 6. The molecule has 21 heavy (non-hydrogen) atoms. The highest BCUT2D eigenvalue weighted by Crippen LogP contribution is 2.36. The molecule has 2 rings (SSSR count). The molecule has 0 saturated carbocycles. The van der Waals surface area contributed by atoms with E-state index >= 15 is 0 Å². The van der Waals surface area contributed by atoms with Crippen LogP contribution in [-0.2, 0) is 4.74 Å². The van der Waals surface area contributed by atoms with Crippen molar-refractivity contribution in [2.24, 2.45) is 5.92 Å². The summed E-state index contributed by atoms with van der Waals surface area (Å²) >= 11 is 0. The van der Waals surface area contributed by atoms with Crippen LogP contribution in [0.25, 0.3) is 0 Å². The minimum Gasteiger partial charge on any atom is -0.381 e. The fourth-order valence-corrected chi connectivity index (χ4v) is 2.84. The fourth-order valence-electron chi connectivity index (χ4n) is 2.84. The zero-order valence-electron chi connectivity index (χ0n) is 12.6. The van der Waals surface area contributed by atoms with E-state index in [-0.39, 0.29) is 17.9 Å². The maximum absolute atomic E-state index is 9.22. The molecule has 0 aromatic heterocycles. The van der Waals surface area contributed by atoms with Crippen molar-refractivity contribution in [2.75, 3.05) is 7.11 Å². The number of ether oxygens (including phenoxy) is 1. The van der Waals surface area contributed by atoms with Crippen molar-refractivity contribution < 1.29 is 4.74 Å². The Bertz CT molecular complexity index is 534. The number of benzene rings is 2. The molecule has 2 atom stereocenters. The molecule has 2 aromatic carbocycles. The van der Waals surface area contributed by atoms with E-state index in [0.717, 1.165) is 0 Å². The summed E-state index contributed by atoms with van der Waals surface area (Å²) in [6.45, 7) is 2.04. The maximum Gasteiger partial charge on any atom is 0.0626 e. The maximum atomic E-state index is 9.22. The summed E-state index contributed by atoms with van der Waals surface area (Å²) in [5, 5.41) is 9.22. The quantitative estimate of drug-likeness (QED) is 0.786. The van der Waals surface area contributed by atoms with E-state index in [9.17, 15) is 5.26 Å². The van der Waals surface area contributed by atoms with Gasteiger partial charge in [0.05, 0.1) is 12.2 Å². The molecule has 0 heterocycles. The molecule has 0 N–H and O–H groups in total. The Morgan fingerprint density at radius 1 is 0.952 bits per heavy atom. The molecule has 0 fully saturated rings. The fraction of sp³-hybridized carbons (Fsp3) is 0.316. The van der Waals surface area contributed by atoms with Crippen LogP contribution < -0.4 is 0 Å². The van der Waals surface area contributed by atoms with Gasteiger partial charge in [-0.2, -0.15) is 5.26 Å². The minimum atomic E-state index is 0.0232. The van der Waals surface area contributed by atoms with Gasteiger partial charge in [0, 0.05) is 25.4 Å². The first kappa shape index (κ1) is 15.3. The lowest BCUT2D eigenvalue weighted by atomic mass is 9.77. The first-order valence-electron chi connectivity index (χ1n) is 7.27. The van der Waals surface area contributed by atoms with Crippen molar-refractivity contribution in [2.45, 2.75) is 25.4 Å². The second-order valence-corrected chi connectivity index (χ2v) is 5.27. The third-order valence-electron chi connectivity index (χ3n) is 4.05. The number of nitrogens with zero attached hydrogens (tertiary/aromatic N) is 1. The van der Waals surface area contributed by atoms with Crippen LogP contribution >= 0.6 is 0 Å². The molecule has 0 amide bonds. The lowest BCUT2D eigenvalue weighted by Crippen LogP contribution is -2.26. The van der Waals surface area contributed by atoms with Crippen LogP contribution in [0.1, 0.15) is 30.4 Å². The standard InChI is InChI=1S/C19H21NO/c1-15(21-2)18(13-14-20)19(16-9-5-3-6-10-16)17-11-7-4-8-12-17/h3-12,15,18-19H,13H2,1-2H3/t15-,18+/m1/s1. The van der Waals surface area contributed by atoms with Crippen LogP contribution in [0.5, 0.6) is 0 Å². The molecule has 0 aliphatic carbocycles. The smallest absolute Gasteiger partial charge is 0.0626 e. The summed E-state index contributed by atoms with van der Waals surface area (Å²) in [5.74, 6) is 0.298. The molecule has 0 aliphatic heterocycles. The van der Waals surface area contributed by atoms with Gasteiger partial charge >= 0.3 is 0 Å². The van der Waals surface area contributed by atoms with E-state index in [1.165, 1.54) is 11.1 Å². The zero-order valence-corrected chi connectivity index (χ0v) is 12.6. The van der Waals surface area contributed by atoms with Crippen molar-refractivity contribution in [3.63, 3.8) is 0 Å². The summed E-state index contributed by atoms with van der Waals surface area (Å²) in [6.07, 6.45) is 0.499. The van der Waals surface area contributed by atoms with Gasteiger partial charge in [-0.3, -0.25) is 0 Å². The van der Waals surface area contributed by atoms with Crippen LogP contribution in [0.2, 0.25) is 0 Å². The predicted molar refractivity (Wildman–Crippen MR) is 84.9 cm³/mol. The number of hydrogen-bond donors (Lipinski definition) is 0. The predicted octanol–water partition coefficient (Wildman–Crippen LogP) is 4.38. The Balaban J connectivity index is 2.47. The van der Waals surface area contributed by atoms with E-state index in [1.807, 2.05) is 43.3 Å². The summed E-state index contributed by atoms with van der Waals surface area (Å²) in [6, 6.07) is 23.1. The Morgan fingerprint density at radius 2 is 1.43 bits per heavy atom. The normalized spacial score (nSPS) is 13.6. The third-order valence-corrected chi connectivity index (χ3v) is 4.05. The van der Waals surface area contributed by atoms with Gasteiger partial charge in [-0.15, -0.1) is 0 Å². The van der Waals surface area contributed by atoms with Gasteiger partial charge < -0.3 is 4.74 Å². The van der Waals surface area contributed by atoms with Crippen molar-refractivity contribution in [1.82, 2.24) is 0 Å². The average molecular weight is 279 g/mol. The molecule has 0 aliphatic rings. The highest BCUT2D eigenvalue weighted by molar-refractivity contribution is 5.33.